The van der Waals surface area contributed by atoms with Crippen LogP contribution in [-0.4, -0.2) is 50.5 Å². The summed E-state index contributed by atoms with van der Waals surface area (Å²) in [6, 6.07) is 1.59. The number of methoxy groups -OCH3 is 1. The first-order valence-electron chi connectivity index (χ1n) is 8.32. The molecule has 1 atom stereocenters. The van der Waals surface area contributed by atoms with Gasteiger partial charge in [-0.15, -0.1) is 0 Å². The number of carbonyl (C=O) groups excluding carboxylic acids is 2. The molecule has 1 amide bonds. The summed E-state index contributed by atoms with van der Waals surface area (Å²) >= 11 is 0. The number of ketones is 1. The summed E-state index contributed by atoms with van der Waals surface area (Å²) in [5, 5.41) is 4.32. The SMILES string of the molecule is CCc1cc2n(CC(C)=O)c3c(c(=O)n2n1)CN([C@@H](C)COC)C3=O. The average molecular weight is 346 g/mol. The first-order chi connectivity index (χ1) is 11.9. The van der Waals surface area contributed by atoms with Gasteiger partial charge in [0, 0.05) is 13.2 Å². The highest BCUT2D eigenvalue weighted by Gasteiger charge is 2.37. The molecule has 0 unspecified atom stereocenters. The minimum Gasteiger partial charge on any atom is -0.383 e. The number of aromatic nitrogens is 3. The van der Waals surface area contributed by atoms with Crippen molar-refractivity contribution in [2.24, 2.45) is 0 Å². The van der Waals surface area contributed by atoms with Gasteiger partial charge in [0.15, 0.2) is 0 Å². The van der Waals surface area contributed by atoms with E-state index in [1.165, 1.54) is 11.4 Å². The van der Waals surface area contributed by atoms with E-state index in [-0.39, 0.29) is 36.4 Å². The highest BCUT2D eigenvalue weighted by Crippen LogP contribution is 2.24. The second kappa shape index (κ2) is 6.44. The largest absolute Gasteiger partial charge is 0.383 e. The molecule has 134 valence electrons. The lowest BCUT2D eigenvalue weighted by molar-refractivity contribution is -0.117. The molecular weight excluding hydrogens is 324 g/mol. The van der Waals surface area contributed by atoms with Gasteiger partial charge >= 0.3 is 0 Å². The van der Waals surface area contributed by atoms with Crippen LogP contribution in [0.5, 0.6) is 0 Å². The fourth-order valence-corrected chi connectivity index (χ4v) is 3.27. The van der Waals surface area contributed by atoms with Crippen molar-refractivity contribution < 1.29 is 14.3 Å². The van der Waals surface area contributed by atoms with E-state index < -0.39 is 0 Å². The molecule has 8 nitrogen and oxygen atoms in total. The average Bonchev–Trinajstić information content (AvgIpc) is 3.13. The van der Waals surface area contributed by atoms with Gasteiger partial charge in [0.25, 0.3) is 11.5 Å². The predicted octanol–water partition coefficient (Wildman–Crippen LogP) is 0.638. The third-order valence-electron chi connectivity index (χ3n) is 4.50. The number of hydrogen-bond acceptors (Lipinski definition) is 5. The molecule has 25 heavy (non-hydrogen) atoms. The van der Waals surface area contributed by atoms with Crippen molar-refractivity contribution in [3.8, 4) is 0 Å². The van der Waals surface area contributed by atoms with E-state index in [0.717, 1.165) is 5.69 Å². The van der Waals surface area contributed by atoms with Crippen molar-refractivity contribution in [2.45, 2.75) is 46.3 Å². The van der Waals surface area contributed by atoms with Crippen LogP contribution in [0, 0.1) is 0 Å². The molecule has 0 saturated carbocycles. The summed E-state index contributed by atoms with van der Waals surface area (Å²) in [5.41, 5.74) is 1.59. The van der Waals surface area contributed by atoms with Crippen molar-refractivity contribution in [1.82, 2.24) is 19.1 Å². The first kappa shape index (κ1) is 17.3. The smallest absolute Gasteiger partial charge is 0.280 e. The maximum Gasteiger partial charge on any atom is 0.280 e. The predicted molar refractivity (Wildman–Crippen MR) is 90.7 cm³/mol. The van der Waals surface area contributed by atoms with Crippen LogP contribution in [0.1, 0.15) is 42.5 Å². The number of carbonyl (C=O) groups is 2. The molecule has 8 heteroatoms. The van der Waals surface area contributed by atoms with Crippen molar-refractivity contribution >= 4 is 17.3 Å². The molecule has 0 saturated heterocycles. The van der Waals surface area contributed by atoms with Crippen LogP contribution in [0.15, 0.2) is 10.9 Å². The minimum absolute atomic E-state index is 0.0270. The molecular formula is C17H22N4O4. The summed E-state index contributed by atoms with van der Waals surface area (Å²) in [4.78, 5) is 39.2. The Kier molecular flexibility index (Phi) is 4.47. The van der Waals surface area contributed by atoms with Gasteiger partial charge in [-0.3, -0.25) is 14.4 Å². The zero-order chi connectivity index (χ0) is 18.3. The Morgan fingerprint density at radius 3 is 2.72 bits per heavy atom. The standard InChI is InChI=1S/C17H22N4O4/c1-5-12-6-14-20(7-11(3)22)15-13(16(23)21(14)18-12)8-19(17(15)24)10(2)9-25-4/h6,10H,5,7-9H2,1-4H3/t10-/m0/s1. The molecule has 3 rings (SSSR count). The number of fused-ring (bicyclic) bond motifs is 2. The van der Waals surface area contributed by atoms with Gasteiger partial charge in [0.05, 0.1) is 37.0 Å². The van der Waals surface area contributed by atoms with Crippen molar-refractivity contribution in [2.75, 3.05) is 13.7 Å². The number of aryl methyl sites for hydroxylation is 1. The van der Waals surface area contributed by atoms with Gasteiger partial charge in [-0.1, -0.05) is 6.92 Å². The number of hydrogen-bond donors (Lipinski definition) is 0. The first-order valence-corrected chi connectivity index (χ1v) is 8.32. The van der Waals surface area contributed by atoms with Gasteiger partial charge < -0.3 is 14.2 Å². The van der Waals surface area contributed by atoms with E-state index in [1.807, 2.05) is 13.8 Å². The lowest BCUT2D eigenvalue weighted by Gasteiger charge is -2.23. The maximum atomic E-state index is 13.0. The zero-order valence-corrected chi connectivity index (χ0v) is 14.9. The molecule has 0 spiro atoms. The fraction of sp³-hybridized carbons (Fsp3) is 0.529. The van der Waals surface area contributed by atoms with Crippen LogP contribution in [0.25, 0.3) is 5.65 Å². The van der Waals surface area contributed by atoms with Crippen LogP contribution in [0.3, 0.4) is 0 Å². The Bertz CT molecular complexity index is 911. The van der Waals surface area contributed by atoms with E-state index >= 15 is 0 Å². The third kappa shape index (κ3) is 2.76. The van der Waals surface area contributed by atoms with Crippen molar-refractivity contribution in [3.05, 3.63) is 33.4 Å². The second-order valence-electron chi connectivity index (χ2n) is 6.42. The summed E-state index contributed by atoms with van der Waals surface area (Å²) in [6.45, 7) is 5.87. The Balaban J connectivity index is 2.23. The summed E-state index contributed by atoms with van der Waals surface area (Å²) in [5.74, 6) is -0.345. The molecule has 0 aliphatic carbocycles. The molecule has 1 aliphatic heterocycles. The number of nitrogens with zero attached hydrogens (tertiary/aromatic N) is 4. The van der Waals surface area contributed by atoms with E-state index in [2.05, 4.69) is 5.10 Å². The quantitative estimate of drug-likeness (QED) is 0.766. The molecule has 0 radical (unpaired) electrons. The Labute approximate surface area is 145 Å². The van der Waals surface area contributed by atoms with Crippen LogP contribution >= 0.6 is 0 Å². The van der Waals surface area contributed by atoms with Gasteiger partial charge in [0.1, 0.15) is 17.1 Å². The van der Waals surface area contributed by atoms with Gasteiger partial charge in [-0.2, -0.15) is 9.61 Å². The number of amides is 1. The Morgan fingerprint density at radius 2 is 2.12 bits per heavy atom. The summed E-state index contributed by atoms with van der Waals surface area (Å²) in [6.07, 6.45) is 0.663. The number of Topliss-reactive ketones (excluding diaryl/α,β-unsaturated/α-hetero) is 1. The highest BCUT2D eigenvalue weighted by atomic mass is 16.5. The number of ether oxygens (including phenoxy) is 1. The molecule has 0 bridgehead atoms. The second-order valence-corrected chi connectivity index (χ2v) is 6.42. The minimum atomic E-state index is -0.301. The molecule has 2 aromatic heterocycles. The van der Waals surface area contributed by atoms with Crippen LogP contribution in [0.4, 0.5) is 0 Å². The molecule has 0 fully saturated rings. The number of rotatable bonds is 6. The Hall–Kier alpha value is -2.48. The molecule has 1 aliphatic rings. The van der Waals surface area contributed by atoms with Crippen LogP contribution in [-0.2, 0) is 29.0 Å². The van der Waals surface area contributed by atoms with Crippen molar-refractivity contribution in [3.63, 3.8) is 0 Å². The van der Waals surface area contributed by atoms with Gasteiger partial charge in [-0.25, -0.2) is 0 Å². The van der Waals surface area contributed by atoms with Crippen molar-refractivity contribution in [1.29, 1.82) is 0 Å². The maximum absolute atomic E-state index is 13.0. The molecule has 0 aromatic carbocycles. The van der Waals surface area contributed by atoms with Crippen LogP contribution in [0.2, 0.25) is 0 Å². The summed E-state index contributed by atoms with van der Waals surface area (Å²) in [7, 11) is 1.57. The summed E-state index contributed by atoms with van der Waals surface area (Å²) < 4.78 is 8.05. The Morgan fingerprint density at radius 1 is 1.40 bits per heavy atom. The van der Waals surface area contributed by atoms with Gasteiger partial charge in [-0.05, 0) is 20.3 Å². The normalized spacial score (nSPS) is 15.0. The monoisotopic (exact) mass is 346 g/mol. The topological polar surface area (TPSA) is 85.9 Å². The van der Waals surface area contributed by atoms with Gasteiger partial charge in [0.2, 0.25) is 0 Å². The molecule has 3 heterocycles. The van der Waals surface area contributed by atoms with E-state index in [1.54, 1.807) is 22.6 Å². The molecule has 2 aromatic rings. The van der Waals surface area contributed by atoms with E-state index in [4.69, 9.17) is 4.74 Å². The lowest BCUT2D eigenvalue weighted by atomic mass is 10.2. The third-order valence-corrected chi connectivity index (χ3v) is 4.50. The molecule has 0 N–H and O–H groups in total. The highest BCUT2D eigenvalue weighted by molar-refractivity contribution is 5.98. The van der Waals surface area contributed by atoms with E-state index in [0.29, 0.717) is 29.9 Å². The van der Waals surface area contributed by atoms with Crippen LogP contribution < -0.4 is 5.56 Å². The lowest BCUT2D eigenvalue weighted by Crippen LogP contribution is -2.37. The van der Waals surface area contributed by atoms with E-state index in [9.17, 15) is 14.4 Å². The zero-order valence-electron chi connectivity index (χ0n) is 14.9. The fourth-order valence-electron chi connectivity index (χ4n) is 3.27.